The molecule has 19 heavy (non-hydrogen) atoms. The second-order valence-electron chi connectivity index (χ2n) is 7.65. The first-order valence-corrected chi connectivity index (χ1v) is 8.33. The Labute approximate surface area is 121 Å². The van der Waals surface area contributed by atoms with Gasteiger partial charge in [0.05, 0.1) is 0 Å². The van der Waals surface area contributed by atoms with Gasteiger partial charge in [-0.15, -0.1) is 0 Å². The van der Waals surface area contributed by atoms with E-state index in [2.05, 4.69) is 51.8 Å². The predicted octanol–water partition coefficient (Wildman–Crippen LogP) is 3.91. The fourth-order valence-electron chi connectivity index (χ4n) is 3.02. The van der Waals surface area contributed by atoms with Crippen LogP contribution in [0.2, 0.25) is 0 Å². The van der Waals surface area contributed by atoms with Crippen molar-refractivity contribution in [2.45, 2.75) is 79.3 Å². The van der Waals surface area contributed by atoms with Crippen molar-refractivity contribution in [3.05, 3.63) is 0 Å². The summed E-state index contributed by atoms with van der Waals surface area (Å²) in [6.07, 6.45) is 5.46. The van der Waals surface area contributed by atoms with Gasteiger partial charge in [-0.2, -0.15) is 0 Å². The van der Waals surface area contributed by atoms with Crippen LogP contribution >= 0.6 is 0 Å². The van der Waals surface area contributed by atoms with Crippen LogP contribution in [0.25, 0.3) is 0 Å². The fourth-order valence-corrected chi connectivity index (χ4v) is 3.02. The van der Waals surface area contributed by atoms with Crippen LogP contribution in [0.1, 0.15) is 67.2 Å². The van der Waals surface area contributed by atoms with Gasteiger partial charge in [-0.3, -0.25) is 4.90 Å². The Bertz CT molecular complexity index is 246. The number of hydrogen-bond acceptors (Lipinski definition) is 2. The van der Waals surface area contributed by atoms with E-state index in [-0.39, 0.29) is 0 Å². The molecule has 2 nitrogen and oxygen atoms in total. The van der Waals surface area contributed by atoms with Gasteiger partial charge in [0.25, 0.3) is 0 Å². The van der Waals surface area contributed by atoms with Crippen molar-refractivity contribution in [1.29, 1.82) is 0 Å². The third-order valence-corrected chi connectivity index (χ3v) is 4.04. The van der Waals surface area contributed by atoms with Crippen molar-refractivity contribution >= 4 is 0 Å². The molecule has 0 heterocycles. The van der Waals surface area contributed by atoms with Crippen LogP contribution in [0, 0.1) is 11.3 Å². The van der Waals surface area contributed by atoms with Crippen molar-refractivity contribution in [3.63, 3.8) is 0 Å². The Balaban J connectivity index is 2.57. The quantitative estimate of drug-likeness (QED) is 0.646. The number of hydrogen-bond donors (Lipinski definition) is 1. The molecule has 2 heteroatoms. The topological polar surface area (TPSA) is 15.3 Å². The standard InChI is InChI=1S/C17H36N2/c1-7-10-17(6,12-18-15(4)5)13-19(11-14(2)3)16-8-9-16/h14-16,18H,7-13H2,1-6H3. The molecule has 1 atom stereocenters. The van der Waals surface area contributed by atoms with Gasteiger partial charge in [-0.1, -0.05) is 48.0 Å². The molecule has 1 aliphatic rings. The number of nitrogens with one attached hydrogen (secondary N) is 1. The van der Waals surface area contributed by atoms with Crippen molar-refractivity contribution in [1.82, 2.24) is 10.2 Å². The molecule has 1 N–H and O–H groups in total. The lowest BCUT2D eigenvalue weighted by Gasteiger charge is -2.37. The highest BCUT2D eigenvalue weighted by molar-refractivity contribution is 4.90. The van der Waals surface area contributed by atoms with Crippen LogP contribution in [-0.2, 0) is 0 Å². The summed E-state index contributed by atoms with van der Waals surface area (Å²) in [7, 11) is 0. The van der Waals surface area contributed by atoms with Crippen LogP contribution in [0.3, 0.4) is 0 Å². The molecule has 0 bridgehead atoms. The summed E-state index contributed by atoms with van der Waals surface area (Å²) in [5.41, 5.74) is 0.427. The zero-order valence-corrected chi connectivity index (χ0v) is 14.1. The number of rotatable bonds is 10. The van der Waals surface area contributed by atoms with Crippen LogP contribution in [0.4, 0.5) is 0 Å². The Morgan fingerprint density at radius 1 is 1.21 bits per heavy atom. The Kier molecular flexibility index (Phi) is 6.82. The summed E-state index contributed by atoms with van der Waals surface area (Å²) >= 11 is 0. The normalized spacial score (nSPS) is 19.4. The Morgan fingerprint density at radius 3 is 2.26 bits per heavy atom. The van der Waals surface area contributed by atoms with E-state index in [1.165, 1.54) is 38.8 Å². The van der Waals surface area contributed by atoms with E-state index in [9.17, 15) is 0 Å². The van der Waals surface area contributed by atoms with E-state index in [0.29, 0.717) is 11.5 Å². The SMILES string of the molecule is CCCC(C)(CNC(C)C)CN(CC(C)C)C1CC1. The maximum Gasteiger partial charge on any atom is 0.00967 e. The smallest absolute Gasteiger partial charge is 0.00967 e. The number of nitrogens with zero attached hydrogens (tertiary/aromatic N) is 1. The lowest BCUT2D eigenvalue weighted by Crippen LogP contribution is -2.45. The minimum absolute atomic E-state index is 0.427. The zero-order chi connectivity index (χ0) is 14.5. The van der Waals surface area contributed by atoms with Gasteiger partial charge in [0.1, 0.15) is 0 Å². The van der Waals surface area contributed by atoms with E-state index >= 15 is 0 Å². The van der Waals surface area contributed by atoms with Gasteiger partial charge >= 0.3 is 0 Å². The summed E-state index contributed by atoms with van der Waals surface area (Å²) in [6.45, 7) is 17.7. The maximum atomic E-state index is 3.66. The average molecular weight is 268 g/mol. The van der Waals surface area contributed by atoms with Crippen LogP contribution in [-0.4, -0.2) is 36.6 Å². The summed E-state index contributed by atoms with van der Waals surface area (Å²) in [4.78, 5) is 2.77. The van der Waals surface area contributed by atoms with Gasteiger partial charge in [-0.05, 0) is 30.6 Å². The average Bonchev–Trinajstić information content (AvgIpc) is 3.09. The van der Waals surface area contributed by atoms with E-state index in [0.717, 1.165) is 18.5 Å². The van der Waals surface area contributed by atoms with E-state index < -0.39 is 0 Å². The molecule has 0 aromatic heterocycles. The molecule has 0 saturated heterocycles. The molecule has 1 fully saturated rings. The summed E-state index contributed by atoms with van der Waals surface area (Å²) in [5, 5.41) is 3.66. The van der Waals surface area contributed by atoms with E-state index in [4.69, 9.17) is 0 Å². The molecule has 114 valence electrons. The van der Waals surface area contributed by atoms with Crippen molar-refractivity contribution in [2.75, 3.05) is 19.6 Å². The van der Waals surface area contributed by atoms with Gasteiger partial charge < -0.3 is 5.32 Å². The van der Waals surface area contributed by atoms with Crippen molar-refractivity contribution in [3.8, 4) is 0 Å². The third-order valence-electron chi connectivity index (χ3n) is 4.04. The molecule has 1 rings (SSSR count). The van der Waals surface area contributed by atoms with Crippen molar-refractivity contribution < 1.29 is 0 Å². The van der Waals surface area contributed by atoms with Crippen LogP contribution < -0.4 is 5.32 Å². The molecule has 0 aromatic carbocycles. The molecule has 0 radical (unpaired) electrons. The van der Waals surface area contributed by atoms with Gasteiger partial charge in [0.2, 0.25) is 0 Å². The summed E-state index contributed by atoms with van der Waals surface area (Å²) < 4.78 is 0. The molecule has 0 amide bonds. The van der Waals surface area contributed by atoms with E-state index in [1.54, 1.807) is 0 Å². The molecule has 1 saturated carbocycles. The van der Waals surface area contributed by atoms with Crippen molar-refractivity contribution in [2.24, 2.45) is 11.3 Å². The third kappa shape index (κ3) is 6.76. The lowest BCUT2D eigenvalue weighted by atomic mass is 9.84. The highest BCUT2D eigenvalue weighted by atomic mass is 15.2. The summed E-state index contributed by atoms with van der Waals surface area (Å²) in [6, 6.07) is 1.48. The molecule has 0 aromatic rings. The maximum absolute atomic E-state index is 3.66. The van der Waals surface area contributed by atoms with Gasteiger partial charge in [0, 0.05) is 31.7 Å². The highest BCUT2D eigenvalue weighted by Crippen LogP contribution is 2.32. The fraction of sp³-hybridized carbons (Fsp3) is 1.00. The molecule has 0 aliphatic heterocycles. The molecule has 0 spiro atoms. The first-order valence-electron chi connectivity index (χ1n) is 8.33. The predicted molar refractivity (Wildman–Crippen MR) is 85.6 cm³/mol. The van der Waals surface area contributed by atoms with Crippen LogP contribution in [0.15, 0.2) is 0 Å². The summed E-state index contributed by atoms with van der Waals surface area (Å²) in [5.74, 6) is 0.782. The highest BCUT2D eigenvalue weighted by Gasteiger charge is 2.34. The molecule has 1 aliphatic carbocycles. The minimum atomic E-state index is 0.427. The minimum Gasteiger partial charge on any atom is -0.314 e. The monoisotopic (exact) mass is 268 g/mol. The van der Waals surface area contributed by atoms with E-state index in [1.807, 2.05) is 0 Å². The lowest BCUT2D eigenvalue weighted by molar-refractivity contribution is 0.128. The molecular weight excluding hydrogens is 232 g/mol. The first kappa shape index (κ1) is 17.0. The Morgan fingerprint density at radius 2 is 1.84 bits per heavy atom. The van der Waals surface area contributed by atoms with Gasteiger partial charge in [-0.25, -0.2) is 0 Å². The molecule has 1 unspecified atom stereocenters. The van der Waals surface area contributed by atoms with Crippen LogP contribution in [0.5, 0.6) is 0 Å². The second kappa shape index (κ2) is 7.64. The molecular formula is C17H36N2. The Hall–Kier alpha value is -0.0800. The zero-order valence-electron chi connectivity index (χ0n) is 14.1. The second-order valence-corrected chi connectivity index (χ2v) is 7.65. The largest absolute Gasteiger partial charge is 0.314 e. The first-order chi connectivity index (χ1) is 8.86. The van der Waals surface area contributed by atoms with Gasteiger partial charge in [0.15, 0.2) is 0 Å².